The van der Waals surface area contributed by atoms with Gasteiger partial charge in [-0.2, -0.15) is 4.31 Å². The predicted molar refractivity (Wildman–Crippen MR) is 156 cm³/mol. The number of anilines is 1. The molecular formula is C29H25ClN4O3S2. The summed E-state index contributed by atoms with van der Waals surface area (Å²) in [5.41, 5.74) is 3.61. The van der Waals surface area contributed by atoms with Crippen molar-refractivity contribution in [2.24, 2.45) is 0 Å². The Morgan fingerprint density at radius 2 is 1.67 bits per heavy atom. The lowest BCUT2D eigenvalue weighted by Crippen LogP contribution is -2.31. The molecule has 1 amide bonds. The van der Waals surface area contributed by atoms with Gasteiger partial charge >= 0.3 is 0 Å². The molecule has 2 heterocycles. The Hall–Kier alpha value is -3.63. The third-order valence-corrected chi connectivity index (χ3v) is 9.28. The summed E-state index contributed by atoms with van der Waals surface area (Å²) in [6.07, 6.45) is 1.67. The summed E-state index contributed by atoms with van der Waals surface area (Å²) in [4.78, 5) is 24.6. The van der Waals surface area contributed by atoms with Crippen LogP contribution in [0.3, 0.4) is 0 Å². The van der Waals surface area contributed by atoms with Crippen LogP contribution >= 0.6 is 22.9 Å². The molecular weight excluding hydrogens is 552 g/mol. The Labute approximate surface area is 236 Å². The van der Waals surface area contributed by atoms with E-state index in [0.717, 1.165) is 21.3 Å². The fraction of sp³-hybridized carbons (Fsp3) is 0.138. The van der Waals surface area contributed by atoms with Crippen LogP contribution in [-0.2, 0) is 23.1 Å². The summed E-state index contributed by atoms with van der Waals surface area (Å²) < 4.78 is 28.5. The van der Waals surface area contributed by atoms with Gasteiger partial charge in [0.05, 0.1) is 27.4 Å². The molecule has 0 radical (unpaired) electrons. The molecule has 5 rings (SSSR count). The molecule has 0 fully saturated rings. The molecule has 10 heteroatoms. The van der Waals surface area contributed by atoms with E-state index < -0.39 is 10.0 Å². The van der Waals surface area contributed by atoms with Crippen LogP contribution in [0, 0.1) is 6.92 Å². The number of aromatic nitrogens is 2. The topological polar surface area (TPSA) is 83.5 Å². The van der Waals surface area contributed by atoms with Crippen LogP contribution in [0.4, 0.5) is 5.13 Å². The Bertz CT molecular complexity index is 1730. The maximum absolute atomic E-state index is 13.8. The van der Waals surface area contributed by atoms with Gasteiger partial charge in [-0.15, -0.1) is 0 Å². The van der Waals surface area contributed by atoms with Gasteiger partial charge in [-0.3, -0.25) is 14.7 Å². The number of nitrogens with zero attached hydrogens (tertiary/aromatic N) is 4. The largest absolute Gasteiger partial charge is 0.278 e. The van der Waals surface area contributed by atoms with Crippen molar-refractivity contribution in [1.82, 2.24) is 14.3 Å². The van der Waals surface area contributed by atoms with Crippen molar-refractivity contribution in [3.05, 3.63) is 119 Å². The van der Waals surface area contributed by atoms with Gasteiger partial charge in [-0.05, 0) is 66.6 Å². The Morgan fingerprint density at radius 3 is 2.36 bits per heavy atom. The van der Waals surface area contributed by atoms with Crippen molar-refractivity contribution in [3.8, 4) is 0 Å². The zero-order chi connectivity index (χ0) is 27.6. The summed E-state index contributed by atoms with van der Waals surface area (Å²) >= 11 is 7.62. The van der Waals surface area contributed by atoms with E-state index in [9.17, 15) is 13.2 Å². The lowest BCUT2D eigenvalue weighted by molar-refractivity contribution is 0.0984. The molecule has 0 aliphatic carbocycles. The summed E-state index contributed by atoms with van der Waals surface area (Å²) in [7, 11) is -2.21. The molecule has 0 unspecified atom stereocenters. The quantitative estimate of drug-likeness (QED) is 0.216. The fourth-order valence-corrected chi connectivity index (χ4v) is 6.75. The number of halogens is 1. The SMILES string of the molecule is Cc1cc(Cl)cc2sc(N(Cc3ccccn3)C(=O)c3ccc(S(=O)(=O)N(C)Cc4ccccc4)cc3)nc12. The van der Waals surface area contributed by atoms with Crippen LogP contribution in [0.15, 0.2) is 96.0 Å². The predicted octanol–water partition coefficient (Wildman–Crippen LogP) is 6.32. The van der Waals surface area contributed by atoms with Crippen LogP contribution in [0.25, 0.3) is 10.2 Å². The number of rotatable bonds is 8. The van der Waals surface area contributed by atoms with Gasteiger partial charge in [0.25, 0.3) is 5.91 Å². The van der Waals surface area contributed by atoms with Gasteiger partial charge in [0.15, 0.2) is 5.13 Å². The van der Waals surface area contributed by atoms with E-state index in [4.69, 9.17) is 16.6 Å². The van der Waals surface area contributed by atoms with Crippen molar-refractivity contribution in [1.29, 1.82) is 0 Å². The molecule has 7 nitrogen and oxygen atoms in total. The number of benzene rings is 3. The van der Waals surface area contributed by atoms with Crippen LogP contribution in [0.1, 0.15) is 27.2 Å². The third-order valence-electron chi connectivity index (χ3n) is 6.22. The molecule has 0 aliphatic heterocycles. The molecule has 0 atom stereocenters. The second-order valence-corrected chi connectivity index (χ2v) is 12.5. The molecule has 39 heavy (non-hydrogen) atoms. The van der Waals surface area contributed by atoms with Gasteiger partial charge in [-0.25, -0.2) is 13.4 Å². The molecule has 0 aliphatic rings. The molecule has 5 aromatic rings. The zero-order valence-corrected chi connectivity index (χ0v) is 23.7. The zero-order valence-electron chi connectivity index (χ0n) is 21.3. The van der Waals surface area contributed by atoms with Crippen LogP contribution in [0.5, 0.6) is 0 Å². The molecule has 0 saturated heterocycles. The monoisotopic (exact) mass is 576 g/mol. The van der Waals surface area contributed by atoms with E-state index in [2.05, 4.69) is 4.98 Å². The van der Waals surface area contributed by atoms with E-state index in [0.29, 0.717) is 21.4 Å². The Morgan fingerprint density at radius 1 is 0.949 bits per heavy atom. The molecule has 0 bridgehead atoms. The van der Waals surface area contributed by atoms with Crippen LogP contribution < -0.4 is 4.90 Å². The lowest BCUT2D eigenvalue weighted by Gasteiger charge is -2.20. The molecule has 3 aromatic carbocycles. The highest BCUT2D eigenvalue weighted by Gasteiger charge is 2.25. The standard InChI is InChI=1S/C29H25ClN4O3S2/c1-20-16-23(30)17-26-27(20)32-29(38-26)34(19-24-10-6-7-15-31-24)28(35)22-11-13-25(14-12-22)39(36,37)33(2)18-21-8-4-3-5-9-21/h3-17H,18-19H2,1-2H3. The van der Waals surface area contributed by atoms with E-state index in [1.54, 1.807) is 11.1 Å². The molecule has 198 valence electrons. The average Bonchev–Trinajstić information content (AvgIpc) is 3.36. The first-order chi connectivity index (χ1) is 18.7. The number of hydrogen-bond acceptors (Lipinski definition) is 6. The lowest BCUT2D eigenvalue weighted by atomic mass is 10.2. The second kappa shape index (κ2) is 11.2. The Balaban J connectivity index is 1.45. The first kappa shape index (κ1) is 27.0. The number of aryl methyl sites for hydroxylation is 1. The fourth-order valence-electron chi connectivity index (χ4n) is 4.17. The summed E-state index contributed by atoms with van der Waals surface area (Å²) in [6, 6.07) is 24.6. The van der Waals surface area contributed by atoms with Gasteiger partial charge in [0.1, 0.15) is 0 Å². The molecule has 0 N–H and O–H groups in total. The second-order valence-electron chi connectivity index (χ2n) is 9.05. The number of pyridine rings is 1. The van der Waals surface area contributed by atoms with Crippen molar-refractivity contribution in [2.75, 3.05) is 11.9 Å². The molecule has 0 spiro atoms. The number of carbonyl (C=O) groups excluding carboxylic acids is 1. The van der Waals surface area contributed by atoms with Crippen LogP contribution in [0.2, 0.25) is 5.02 Å². The average molecular weight is 577 g/mol. The van der Waals surface area contributed by atoms with E-state index in [1.807, 2.05) is 67.6 Å². The molecule has 2 aromatic heterocycles. The van der Waals surface area contributed by atoms with Crippen molar-refractivity contribution in [2.45, 2.75) is 24.9 Å². The van der Waals surface area contributed by atoms with E-state index >= 15 is 0 Å². The molecule has 0 saturated carbocycles. The van der Waals surface area contributed by atoms with E-state index in [1.165, 1.54) is 47.0 Å². The minimum Gasteiger partial charge on any atom is -0.278 e. The minimum atomic E-state index is -3.75. The van der Waals surface area contributed by atoms with E-state index in [-0.39, 0.29) is 23.9 Å². The maximum atomic E-state index is 13.8. The summed E-state index contributed by atoms with van der Waals surface area (Å²) in [6.45, 7) is 2.37. The maximum Gasteiger partial charge on any atom is 0.260 e. The van der Waals surface area contributed by atoms with Gasteiger partial charge in [0, 0.05) is 30.4 Å². The van der Waals surface area contributed by atoms with Crippen molar-refractivity contribution >= 4 is 54.2 Å². The number of thiazole rings is 1. The van der Waals surface area contributed by atoms with Crippen LogP contribution in [-0.4, -0.2) is 35.6 Å². The highest BCUT2D eigenvalue weighted by atomic mass is 35.5. The highest BCUT2D eigenvalue weighted by Crippen LogP contribution is 2.34. The first-order valence-electron chi connectivity index (χ1n) is 12.1. The van der Waals surface area contributed by atoms with Gasteiger partial charge in [0.2, 0.25) is 10.0 Å². The smallest absolute Gasteiger partial charge is 0.260 e. The number of fused-ring (bicyclic) bond motifs is 1. The van der Waals surface area contributed by atoms with Crippen molar-refractivity contribution in [3.63, 3.8) is 0 Å². The normalized spacial score (nSPS) is 11.7. The summed E-state index contributed by atoms with van der Waals surface area (Å²) in [5, 5.41) is 1.11. The Kier molecular flexibility index (Phi) is 7.76. The number of carbonyl (C=O) groups is 1. The highest BCUT2D eigenvalue weighted by molar-refractivity contribution is 7.89. The van der Waals surface area contributed by atoms with Gasteiger partial charge < -0.3 is 0 Å². The number of amides is 1. The number of hydrogen-bond donors (Lipinski definition) is 0. The first-order valence-corrected chi connectivity index (χ1v) is 14.7. The third kappa shape index (κ3) is 5.86. The van der Waals surface area contributed by atoms with Gasteiger partial charge in [-0.1, -0.05) is 59.3 Å². The minimum absolute atomic E-state index is 0.110. The van der Waals surface area contributed by atoms with Crippen molar-refractivity contribution < 1.29 is 13.2 Å². The summed E-state index contributed by atoms with van der Waals surface area (Å²) in [5.74, 6) is -0.315. The number of sulfonamides is 1.